The first-order chi connectivity index (χ1) is 7.79. The summed E-state index contributed by atoms with van der Waals surface area (Å²) in [7, 11) is 0. The van der Waals surface area contributed by atoms with Gasteiger partial charge in [-0.1, -0.05) is 12.1 Å². The summed E-state index contributed by atoms with van der Waals surface area (Å²) >= 11 is 6.70. The minimum Gasteiger partial charge on any atom is -0.298 e. The summed E-state index contributed by atoms with van der Waals surface area (Å²) < 4.78 is 38.8. The minimum absolute atomic E-state index is 0.0712. The van der Waals surface area contributed by atoms with E-state index < -0.39 is 22.9 Å². The third kappa shape index (κ3) is 3.16. The zero-order valence-corrected chi connectivity index (χ0v) is 10.7. The lowest BCUT2D eigenvalue weighted by molar-refractivity contribution is -0.140. The molecule has 0 aliphatic carbocycles. The molecule has 0 heterocycles. The van der Waals surface area contributed by atoms with Crippen LogP contribution in [-0.4, -0.2) is 12.0 Å². The van der Waals surface area contributed by atoms with Gasteiger partial charge in [0, 0.05) is 4.90 Å². The first kappa shape index (κ1) is 14.4. The fraction of sp³-hybridized carbons (Fsp3) is 0.364. The molecular formula is C11H10ClF3OS. The molecule has 1 nitrogen and oxygen atoms in total. The van der Waals surface area contributed by atoms with Gasteiger partial charge in [0.25, 0.3) is 0 Å². The van der Waals surface area contributed by atoms with E-state index in [4.69, 9.17) is 11.6 Å². The molecule has 0 aliphatic heterocycles. The molecule has 0 saturated heterocycles. The number of thioether (sulfide) groups is 1. The van der Waals surface area contributed by atoms with Crippen LogP contribution in [-0.2, 0) is 11.0 Å². The monoisotopic (exact) mass is 282 g/mol. The van der Waals surface area contributed by atoms with Gasteiger partial charge in [-0.15, -0.1) is 23.4 Å². The highest BCUT2D eigenvalue weighted by Gasteiger charge is 2.38. The lowest BCUT2D eigenvalue weighted by atomic mass is 10.0. The van der Waals surface area contributed by atoms with Gasteiger partial charge in [0.2, 0.25) is 0 Å². The maximum absolute atomic E-state index is 12.9. The Hall–Kier alpha value is -0.680. The second kappa shape index (κ2) is 5.31. The van der Waals surface area contributed by atoms with Crippen molar-refractivity contribution in [2.45, 2.75) is 23.4 Å². The van der Waals surface area contributed by atoms with E-state index in [1.165, 1.54) is 25.1 Å². The fourth-order valence-electron chi connectivity index (χ4n) is 1.45. The lowest BCUT2D eigenvalue weighted by Crippen LogP contribution is -2.14. The van der Waals surface area contributed by atoms with Crippen LogP contribution in [0.1, 0.15) is 23.4 Å². The van der Waals surface area contributed by atoms with Crippen molar-refractivity contribution in [3.05, 3.63) is 29.3 Å². The molecular weight excluding hydrogens is 273 g/mol. The first-order valence-electron chi connectivity index (χ1n) is 4.67. The van der Waals surface area contributed by atoms with E-state index in [9.17, 15) is 18.0 Å². The topological polar surface area (TPSA) is 17.1 Å². The average Bonchev–Trinajstić information content (AvgIpc) is 2.25. The molecule has 1 unspecified atom stereocenters. The van der Waals surface area contributed by atoms with E-state index in [-0.39, 0.29) is 10.5 Å². The summed E-state index contributed by atoms with van der Waals surface area (Å²) in [5.41, 5.74) is -0.999. The molecule has 17 heavy (non-hydrogen) atoms. The number of hydrogen-bond acceptors (Lipinski definition) is 2. The molecule has 94 valence electrons. The number of Topliss-reactive ketones (excluding diaryl/α,β-unsaturated/α-hetero) is 1. The molecule has 1 aromatic rings. The Morgan fingerprint density at radius 1 is 1.41 bits per heavy atom. The largest absolute Gasteiger partial charge is 0.417 e. The molecule has 0 bridgehead atoms. The van der Waals surface area contributed by atoms with E-state index in [1.54, 1.807) is 6.26 Å². The molecule has 0 aromatic heterocycles. The Morgan fingerprint density at radius 2 is 2.00 bits per heavy atom. The van der Waals surface area contributed by atoms with Gasteiger partial charge < -0.3 is 0 Å². The normalized spacial score (nSPS) is 13.5. The summed E-state index contributed by atoms with van der Waals surface area (Å²) in [5.74, 6) is -0.504. The Bertz CT molecular complexity index is 431. The number of benzene rings is 1. The van der Waals surface area contributed by atoms with Crippen LogP contribution >= 0.6 is 23.4 Å². The number of halogens is 4. The van der Waals surface area contributed by atoms with Gasteiger partial charge in [-0.3, -0.25) is 4.79 Å². The standard InChI is InChI=1S/C11H10ClF3OS/c1-6(16)10(12)7-4-3-5-8(17-2)9(7)11(13,14)15/h3-5,10H,1-2H3. The predicted molar refractivity (Wildman–Crippen MR) is 62.5 cm³/mol. The van der Waals surface area contributed by atoms with Gasteiger partial charge in [-0.05, 0) is 24.8 Å². The lowest BCUT2D eigenvalue weighted by Gasteiger charge is -2.18. The summed E-state index contributed by atoms with van der Waals surface area (Å²) in [4.78, 5) is 11.2. The van der Waals surface area contributed by atoms with E-state index in [0.29, 0.717) is 0 Å². The Kier molecular flexibility index (Phi) is 4.49. The van der Waals surface area contributed by atoms with Gasteiger partial charge >= 0.3 is 6.18 Å². The van der Waals surface area contributed by atoms with Crippen LogP contribution in [0.4, 0.5) is 13.2 Å². The molecule has 0 radical (unpaired) electrons. The van der Waals surface area contributed by atoms with Crippen molar-refractivity contribution in [1.29, 1.82) is 0 Å². The second-order valence-electron chi connectivity index (χ2n) is 3.40. The molecule has 1 atom stereocenters. The maximum Gasteiger partial charge on any atom is 0.417 e. The third-order valence-electron chi connectivity index (χ3n) is 2.19. The van der Waals surface area contributed by atoms with Crippen LogP contribution in [0.15, 0.2) is 23.1 Å². The molecule has 0 spiro atoms. The van der Waals surface area contributed by atoms with E-state index in [0.717, 1.165) is 11.8 Å². The SMILES string of the molecule is CSc1cccc(C(Cl)C(C)=O)c1C(F)(F)F. The van der Waals surface area contributed by atoms with Crippen LogP contribution in [0.2, 0.25) is 0 Å². The van der Waals surface area contributed by atoms with Crippen molar-refractivity contribution in [2.75, 3.05) is 6.26 Å². The second-order valence-corrected chi connectivity index (χ2v) is 4.68. The van der Waals surface area contributed by atoms with Gasteiger partial charge in [-0.25, -0.2) is 0 Å². The molecule has 0 N–H and O–H groups in total. The van der Waals surface area contributed by atoms with Gasteiger partial charge in [0.05, 0.1) is 5.56 Å². The van der Waals surface area contributed by atoms with Crippen molar-refractivity contribution >= 4 is 29.1 Å². The summed E-state index contributed by atoms with van der Waals surface area (Å²) in [6.07, 6.45) is -2.97. The molecule has 0 amide bonds. The number of carbonyl (C=O) groups is 1. The third-order valence-corrected chi connectivity index (χ3v) is 3.51. The summed E-state index contributed by atoms with van der Waals surface area (Å²) in [5, 5.41) is -1.27. The van der Waals surface area contributed by atoms with Crippen molar-refractivity contribution in [3.8, 4) is 0 Å². The van der Waals surface area contributed by atoms with Gasteiger partial charge in [-0.2, -0.15) is 13.2 Å². The van der Waals surface area contributed by atoms with E-state index >= 15 is 0 Å². The summed E-state index contributed by atoms with van der Waals surface area (Å²) in [6.45, 7) is 1.17. The zero-order chi connectivity index (χ0) is 13.2. The number of hydrogen-bond donors (Lipinski definition) is 0. The smallest absolute Gasteiger partial charge is 0.298 e. The van der Waals surface area contributed by atoms with Crippen LogP contribution in [0, 0.1) is 0 Å². The highest BCUT2D eigenvalue weighted by molar-refractivity contribution is 7.98. The van der Waals surface area contributed by atoms with Crippen molar-refractivity contribution in [3.63, 3.8) is 0 Å². The van der Waals surface area contributed by atoms with E-state index in [1.807, 2.05) is 0 Å². The number of carbonyl (C=O) groups excluding carboxylic acids is 1. The highest BCUT2D eigenvalue weighted by Crippen LogP contribution is 2.41. The van der Waals surface area contributed by atoms with E-state index in [2.05, 4.69) is 0 Å². The average molecular weight is 283 g/mol. The van der Waals surface area contributed by atoms with Crippen molar-refractivity contribution in [1.82, 2.24) is 0 Å². The van der Waals surface area contributed by atoms with Crippen LogP contribution in [0.3, 0.4) is 0 Å². The molecule has 0 aliphatic rings. The number of rotatable bonds is 3. The summed E-state index contributed by atoms with van der Waals surface area (Å²) in [6, 6.07) is 4.07. The number of alkyl halides is 4. The van der Waals surface area contributed by atoms with Crippen LogP contribution in [0.5, 0.6) is 0 Å². The Morgan fingerprint density at radius 3 is 2.41 bits per heavy atom. The molecule has 6 heteroatoms. The molecule has 1 rings (SSSR count). The molecule has 0 fully saturated rings. The molecule has 1 aromatic carbocycles. The number of ketones is 1. The highest BCUT2D eigenvalue weighted by atomic mass is 35.5. The Balaban J connectivity index is 3.45. The first-order valence-corrected chi connectivity index (χ1v) is 6.33. The zero-order valence-electron chi connectivity index (χ0n) is 9.14. The van der Waals surface area contributed by atoms with Crippen molar-refractivity contribution < 1.29 is 18.0 Å². The predicted octanol–water partition coefficient (Wildman–Crippen LogP) is 4.30. The minimum atomic E-state index is -4.52. The van der Waals surface area contributed by atoms with Crippen LogP contribution in [0.25, 0.3) is 0 Å². The van der Waals surface area contributed by atoms with Crippen molar-refractivity contribution in [2.24, 2.45) is 0 Å². The molecule has 0 saturated carbocycles. The van der Waals surface area contributed by atoms with Crippen LogP contribution < -0.4 is 0 Å². The van der Waals surface area contributed by atoms with Gasteiger partial charge in [0.15, 0.2) is 5.78 Å². The van der Waals surface area contributed by atoms with Gasteiger partial charge in [0.1, 0.15) is 5.38 Å². The maximum atomic E-state index is 12.9. The fourth-order valence-corrected chi connectivity index (χ4v) is 2.29. The Labute approximate surface area is 106 Å². The quantitative estimate of drug-likeness (QED) is 0.607.